The fourth-order valence-electron chi connectivity index (χ4n) is 1.59. The van der Waals surface area contributed by atoms with E-state index in [1.54, 1.807) is 0 Å². The van der Waals surface area contributed by atoms with E-state index >= 15 is 0 Å². The van der Waals surface area contributed by atoms with Crippen molar-refractivity contribution in [1.29, 1.82) is 0 Å². The molecule has 1 heterocycles. The molecule has 6 heteroatoms. The number of nitrogens with two attached hydrogens (primary N) is 1. The number of H-pyrrole nitrogens is 1. The molecule has 17 heavy (non-hydrogen) atoms. The summed E-state index contributed by atoms with van der Waals surface area (Å²) in [7, 11) is 0. The van der Waals surface area contributed by atoms with Gasteiger partial charge in [-0.2, -0.15) is 5.10 Å². The Kier molecular flexibility index (Phi) is 3.31. The molecule has 0 bridgehead atoms. The van der Waals surface area contributed by atoms with Crippen molar-refractivity contribution in [2.75, 3.05) is 5.73 Å². The first-order valence-corrected chi connectivity index (χ1v) is 5.36. The SMILES string of the molecule is Nc1[nH]ncc1C(O)Cc1cc(Cl)ccc1F. The lowest BCUT2D eigenvalue weighted by molar-refractivity contribution is 0.178. The molecule has 0 aliphatic heterocycles. The van der Waals surface area contributed by atoms with Crippen molar-refractivity contribution in [3.63, 3.8) is 0 Å². The Morgan fingerprint density at radius 2 is 2.29 bits per heavy atom. The average molecular weight is 256 g/mol. The Morgan fingerprint density at radius 3 is 2.94 bits per heavy atom. The molecule has 90 valence electrons. The molecule has 0 fully saturated rings. The van der Waals surface area contributed by atoms with Gasteiger partial charge >= 0.3 is 0 Å². The predicted octanol–water partition coefficient (Wildman–Crippen LogP) is 2.06. The Labute approximate surface area is 102 Å². The molecule has 2 aromatic rings. The van der Waals surface area contributed by atoms with Crippen LogP contribution in [-0.2, 0) is 6.42 Å². The van der Waals surface area contributed by atoms with Crippen LogP contribution in [0.5, 0.6) is 0 Å². The van der Waals surface area contributed by atoms with Crippen LogP contribution in [0.25, 0.3) is 0 Å². The summed E-state index contributed by atoms with van der Waals surface area (Å²) in [6.07, 6.45) is 0.597. The maximum absolute atomic E-state index is 13.4. The molecule has 0 saturated heterocycles. The van der Waals surface area contributed by atoms with Crippen LogP contribution in [0.1, 0.15) is 17.2 Å². The predicted molar refractivity (Wildman–Crippen MR) is 63.1 cm³/mol. The summed E-state index contributed by atoms with van der Waals surface area (Å²) >= 11 is 5.76. The van der Waals surface area contributed by atoms with E-state index in [9.17, 15) is 9.50 Å². The Bertz CT molecular complexity index is 529. The second kappa shape index (κ2) is 4.73. The van der Waals surface area contributed by atoms with Crippen LogP contribution in [0.3, 0.4) is 0 Å². The summed E-state index contributed by atoms with van der Waals surface area (Å²) in [4.78, 5) is 0. The number of halogens is 2. The van der Waals surface area contributed by atoms with Crippen LogP contribution >= 0.6 is 11.6 Å². The van der Waals surface area contributed by atoms with Gasteiger partial charge < -0.3 is 10.8 Å². The fourth-order valence-corrected chi connectivity index (χ4v) is 1.78. The number of aromatic amines is 1. The standard InChI is InChI=1S/C11H11ClFN3O/c12-7-1-2-9(13)6(3-7)4-10(17)8-5-15-16-11(8)14/h1-3,5,10,17H,4H2,(H3,14,15,16). The third kappa shape index (κ3) is 2.57. The first-order valence-electron chi connectivity index (χ1n) is 4.98. The first-order chi connectivity index (χ1) is 8.08. The highest BCUT2D eigenvalue weighted by Gasteiger charge is 2.15. The molecule has 1 aromatic carbocycles. The summed E-state index contributed by atoms with van der Waals surface area (Å²) in [6, 6.07) is 4.21. The number of aromatic nitrogens is 2. The van der Waals surface area contributed by atoms with Gasteiger partial charge in [-0.1, -0.05) is 11.6 Å². The van der Waals surface area contributed by atoms with Gasteiger partial charge in [0.15, 0.2) is 0 Å². The molecule has 2 rings (SSSR count). The van der Waals surface area contributed by atoms with E-state index < -0.39 is 11.9 Å². The monoisotopic (exact) mass is 255 g/mol. The fraction of sp³-hybridized carbons (Fsp3) is 0.182. The van der Waals surface area contributed by atoms with E-state index in [0.29, 0.717) is 16.1 Å². The molecule has 0 spiro atoms. The highest BCUT2D eigenvalue weighted by molar-refractivity contribution is 6.30. The number of benzene rings is 1. The molecule has 1 aromatic heterocycles. The van der Waals surface area contributed by atoms with Crippen molar-refractivity contribution in [2.45, 2.75) is 12.5 Å². The summed E-state index contributed by atoms with van der Waals surface area (Å²) in [5.41, 5.74) is 6.35. The highest BCUT2D eigenvalue weighted by Crippen LogP contribution is 2.24. The van der Waals surface area contributed by atoms with E-state index in [4.69, 9.17) is 17.3 Å². The molecule has 0 aliphatic carbocycles. The summed E-state index contributed by atoms with van der Waals surface area (Å²) in [5.74, 6) is -0.129. The van der Waals surface area contributed by atoms with Crippen LogP contribution in [0.2, 0.25) is 5.02 Å². The van der Waals surface area contributed by atoms with Gasteiger partial charge in [0.2, 0.25) is 0 Å². The van der Waals surface area contributed by atoms with E-state index in [-0.39, 0.29) is 12.2 Å². The Morgan fingerprint density at radius 1 is 1.53 bits per heavy atom. The molecule has 1 atom stereocenters. The number of nitrogen functional groups attached to an aromatic ring is 1. The third-order valence-electron chi connectivity index (χ3n) is 2.48. The van der Waals surface area contributed by atoms with Crippen LogP contribution in [0, 0.1) is 5.82 Å². The third-order valence-corrected chi connectivity index (χ3v) is 2.71. The zero-order valence-electron chi connectivity index (χ0n) is 8.82. The minimum absolute atomic E-state index is 0.0934. The van der Waals surface area contributed by atoms with Gasteiger partial charge in [-0.15, -0.1) is 0 Å². The Hall–Kier alpha value is -1.59. The van der Waals surface area contributed by atoms with E-state index in [1.807, 2.05) is 0 Å². The average Bonchev–Trinajstić information content (AvgIpc) is 2.70. The maximum Gasteiger partial charge on any atom is 0.126 e. The van der Waals surface area contributed by atoms with Crippen molar-refractivity contribution in [2.24, 2.45) is 0 Å². The van der Waals surface area contributed by atoms with E-state index in [2.05, 4.69) is 10.2 Å². The number of hydrogen-bond acceptors (Lipinski definition) is 3. The molecule has 0 saturated carbocycles. The van der Waals surface area contributed by atoms with Crippen LogP contribution in [0.15, 0.2) is 24.4 Å². The van der Waals surface area contributed by atoms with Crippen molar-refractivity contribution in [3.05, 3.63) is 46.4 Å². The second-order valence-corrected chi connectivity index (χ2v) is 4.13. The van der Waals surface area contributed by atoms with Crippen LogP contribution in [-0.4, -0.2) is 15.3 Å². The lowest BCUT2D eigenvalue weighted by Crippen LogP contribution is -2.05. The minimum atomic E-state index is -0.915. The van der Waals surface area contributed by atoms with Crippen molar-refractivity contribution >= 4 is 17.4 Å². The number of hydrogen-bond donors (Lipinski definition) is 3. The summed E-state index contributed by atoms with van der Waals surface area (Å²) < 4.78 is 13.4. The van der Waals surface area contributed by atoms with E-state index in [1.165, 1.54) is 24.4 Å². The van der Waals surface area contributed by atoms with Crippen molar-refractivity contribution in [1.82, 2.24) is 10.2 Å². The molecular formula is C11H11ClFN3O. The van der Waals surface area contributed by atoms with Crippen molar-refractivity contribution in [3.8, 4) is 0 Å². The maximum atomic E-state index is 13.4. The molecule has 4 nitrogen and oxygen atoms in total. The number of rotatable bonds is 3. The number of aliphatic hydroxyl groups excluding tert-OH is 1. The lowest BCUT2D eigenvalue weighted by Gasteiger charge is -2.10. The van der Waals surface area contributed by atoms with Gasteiger partial charge in [0.05, 0.1) is 12.3 Å². The largest absolute Gasteiger partial charge is 0.388 e. The molecule has 4 N–H and O–H groups in total. The Balaban J connectivity index is 2.21. The molecule has 0 aliphatic rings. The summed E-state index contributed by atoms with van der Waals surface area (Å²) in [5, 5.41) is 16.5. The second-order valence-electron chi connectivity index (χ2n) is 3.69. The van der Waals surface area contributed by atoms with Gasteiger partial charge in [-0.25, -0.2) is 4.39 Å². The van der Waals surface area contributed by atoms with Gasteiger partial charge in [0, 0.05) is 17.0 Å². The topological polar surface area (TPSA) is 74.9 Å². The van der Waals surface area contributed by atoms with Crippen LogP contribution < -0.4 is 5.73 Å². The van der Waals surface area contributed by atoms with E-state index in [0.717, 1.165) is 0 Å². The number of nitrogens with zero attached hydrogens (tertiary/aromatic N) is 1. The van der Waals surface area contributed by atoms with Crippen molar-refractivity contribution < 1.29 is 9.50 Å². The highest BCUT2D eigenvalue weighted by atomic mass is 35.5. The quantitative estimate of drug-likeness (QED) is 0.786. The smallest absolute Gasteiger partial charge is 0.126 e. The normalized spacial score (nSPS) is 12.6. The number of anilines is 1. The molecule has 0 amide bonds. The van der Waals surface area contributed by atoms with Gasteiger partial charge in [0.1, 0.15) is 11.6 Å². The zero-order valence-corrected chi connectivity index (χ0v) is 9.58. The number of nitrogens with one attached hydrogen (secondary N) is 1. The molecular weight excluding hydrogens is 245 g/mol. The van der Waals surface area contributed by atoms with Crippen LogP contribution in [0.4, 0.5) is 10.2 Å². The van der Waals surface area contributed by atoms with Gasteiger partial charge in [0.25, 0.3) is 0 Å². The zero-order chi connectivity index (χ0) is 12.4. The van der Waals surface area contributed by atoms with Gasteiger partial charge in [-0.3, -0.25) is 5.10 Å². The number of aliphatic hydroxyl groups is 1. The molecule has 0 radical (unpaired) electrons. The molecule has 1 unspecified atom stereocenters. The summed E-state index contributed by atoms with van der Waals surface area (Å²) in [6.45, 7) is 0. The first kappa shape index (κ1) is 11.9. The minimum Gasteiger partial charge on any atom is -0.388 e. The van der Waals surface area contributed by atoms with Gasteiger partial charge in [-0.05, 0) is 23.8 Å². The lowest BCUT2D eigenvalue weighted by atomic mass is 10.0.